The van der Waals surface area contributed by atoms with Crippen molar-refractivity contribution in [3.05, 3.63) is 35.4 Å². The molecule has 1 aromatic carbocycles. The van der Waals surface area contributed by atoms with E-state index in [0.29, 0.717) is 24.7 Å². The normalized spacial score (nSPS) is 29.1. The Morgan fingerprint density at radius 2 is 1.67 bits per heavy atom. The van der Waals surface area contributed by atoms with Gasteiger partial charge in [0.05, 0.1) is 5.56 Å². The number of benzene rings is 1. The molecule has 2 nitrogen and oxygen atoms in total. The van der Waals surface area contributed by atoms with Crippen LogP contribution >= 0.6 is 0 Å². The molecule has 2 fully saturated rings. The average Bonchev–Trinajstić information content (AvgIpc) is 2.77. The Morgan fingerprint density at radius 1 is 1.10 bits per heavy atom. The van der Waals surface area contributed by atoms with Crippen molar-refractivity contribution in [1.29, 1.82) is 0 Å². The molecule has 2 aliphatic heterocycles. The van der Waals surface area contributed by atoms with Gasteiger partial charge in [0.1, 0.15) is 0 Å². The summed E-state index contributed by atoms with van der Waals surface area (Å²) >= 11 is 0. The summed E-state index contributed by atoms with van der Waals surface area (Å²) in [5.74, 6) is 0. The summed E-state index contributed by atoms with van der Waals surface area (Å²) < 4.78 is 37.6. The van der Waals surface area contributed by atoms with Crippen LogP contribution in [0.5, 0.6) is 0 Å². The van der Waals surface area contributed by atoms with Crippen molar-refractivity contribution in [2.75, 3.05) is 7.05 Å². The van der Waals surface area contributed by atoms with Gasteiger partial charge in [-0.1, -0.05) is 12.1 Å². The molecule has 116 valence electrons. The van der Waals surface area contributed by atoms with Crippen molar-refractivity contribution >= 4 is 0 Å². The fourth-order valence-electron chi connectivity index (χ4n) is 3.60. The van der Waals surface area contributed by atoms with E-state index in [2.05, 4.69) is 17.3 Å². The minimum atomic E-state index is -4.25. The minimum Gasteiger partial charge on any atom is -0.311 e. The Morgan fingerprint density at radius 3 is 2.19 bits per heavy atom. The number of fused-ring (bicyclic) bond motifs is 2. The van der Waals surface area contributed by atoms with E-state index < -0.39 is 11.7 Å². The zero-order chi connectivity index (χ0) is 15.0. The van der Waals surface area contributed by atoms with Crippen LogP contribution in [0.2, 0.25) is 0 Å². The monoisotopic (exact) mass is 298 g/mol. The zero-order valence-corrected chi connectivity index (χ0v) is 12.2. The quantitative estimate of drug-likeness (QED) is 0.920. The summed E-state index contributed by atoms with van der Waals surface area (Å²) in [6.07, 6.45) is 0.560. The maximum Gasteiger partial charge on any atom is 0.416 e. The topological polar surface area (TPSA) is 15.3 Å². The van der Waals surface area contributed by atoms with Gasteiger partial charge in [-0.05, 0) is 50.4 Å². The predicted molar refractivity (Wildman–Crippen MR) is 75.9 cm³/mol. The van der Waals surface area contributed by atoms with Crippen molar-refractivity contribution in [3.63, 3.8) is 0 Å². The SMILES string of the molecule is CN(Cc1ccc(C(F)(F)F)cc1)C1CC2CCC(C1)N2. The highest BCUT2D eigenvalue weighted by Gasteiger charge is 2.35. The molecular weight excluding hydrogens is 277 g/mol. The lowest BCUT2D eigenvalue weighted by atomic mass is 9.98. The third-order valence-electron chi connectivity index (χ3n) is 4.78. The smallest absolute Gasteiger partial charge is 0.311 e. The maximum atomic E-state index is 12.5. The number of hydrogen-bond acceptors (Lipinski definition) is 2. The van der Waals surface area contributed by atoms with Crippen molar-refractivity contribution in [3.8, 4) is 0 Å². The molecule has 0 spiro atoms. The zero-order valence-electron chi connectivity index (χ0n) is 12.2. The number of piperidine rings is 1. The van der Waals surface area contributed by atoms with Crippen LogP contribution in [-0.2, 0) is 12.7 Å². The standard InChI is InChI=1S/C16H21F3N2/c1-21(15-8-13-6-7-14(9-15)20-13)10-11-2-4-12(5-3-11)16(17,18)19/h2-5,13-15,20H,6-10H2,1H3. The second-order valence-corrected chi connectivity index (χ2v) is 6.37. The number of nitrogens with one attached hydrogen (secondary N) is 1. The van der Waals surface area contributed by atoms with Crippen molar-refractivity contribution in [2.24, 2.45) is 0 Å². The van der Waals surface area contributed by atoms with Gasteiger partial charge < -0.3 is 5.32 Å². The molecule has 5 heteroatoms. The Bertz CT molecular complexity index is 471. The van der Waals surface area contributed by atoms with Gasteiger partial charge in [-0.25, -0.2) is 0 Å². The molecule has 1 aromatic rings. The van der Waals surface area contributed by atoms with Gasteiger partial charge in [-0.15, -0.1) is 0 Å². The molecule has 3 rings (SSSR count). The second kappa shape index (κ2) is 5.61. The summed E-state index contributed by atoms with van der Waals surface area (Å²) in [5, 5.41) is 3.61. The first-order chi connectivity index (χ1) is 9.91. The molecule has 2 atom stereocenters. The lowest BCUT2D eigenvalue weighted by molar-refractivity contribution is -0.137. The molecule has 0 saturated carbocycles. The van der Waals surface area contributed by atoms with Crippen LogP contribution in [0.1, 0.15) is 36.8 Å². The summed E-state index contributed by atoms with van der Waals surface area (Å²) in [4.78, 5) is 2.29. The van der Waals surface area contributed by atoms with Crippen LogP contribution in [0, 0.1) is 0 Å². The van der Waals surface area contributed by atoms with Crippen LogP contribution in [0.4, 0.5) is 13.2 Å². The number of hydrogen-bond donors (Lipinski definition) is 1. The van der Waals surface area contributed by atoms with Gasteiger partial charge >= 0.3 is 6.18 Å². The van der Waals surface area contributed by atoms with Crippen LogP contribution in [0.25, 0.3) is 0 Å². The molecule has 2 bridgehead atoms. The van der Waals surface area contributed by atoms with Gasteiger partial charge in [-0.2, -0.15) is 13.2 Å². The summed E-state index contributed by atoms with van der Waals surface area (Å²) in [7, 11) is 2.08. The number of nitrogens with zero attached hydrogens (tertiary/aromatic N) is 1. The molecule has 2 saturated heterocycles. The Hall–Kier alpha value is -1.07. The number of halogens is 3. The summed E-state index contributed by atoms with van der Waals surface area (Å²) in [6.45, 7) is 0.711. The first-order valence-corrected chi connectivity index (χ1v) is 7.54. The molecule has 0 amide bonds. The number of alkyl halides is 3. The molecule has 0 aromatic heterocycles. The van der Waals surface area contributed by atoms with Gasteiger partial charge in [0.15, 0.2) is 0 Å². The lowest BCUT2D eigenvalue weighted by Crippen LogP contribution is -2.46. The number of rotatable bonds is 3. The first-order valence-electron chi connectivity index (χ1n) is 7.54. The maximum absolute atomic E-state index is 12.5. The molecular formula is C16H21F3N2. The van der Waals surface area contributed by atoms with Crippen LogP contribution in [0.15, 0.2) is 24.3 Å². The van der Waals surface area contributed by atoms with Crippen LogP contribution in [-0.4, -0.2) is 30.1 Å². The highest BCUT2D eigenvalue weighted by molar-refractivity contribution is 5.24. The van der Waals surface area contributed by atoms with E-state index >= 15 is 0 Å². The highest BCUT2D eigenvalue weighted by Crippen LogP contribution is 2.31. The van der Waals surface area contributed by atoms with E-state index in [1.165, 1.54) is 25.0 Å². The van der Waals surface area contributed by atoms with Gasteiger partial charge in [0.2, 0.25) is 0 Å². The van der Waals surface area contributed by atoms with Gasteiger partial charge in [-0.3, -0.25) is 4.90 Å². The van der Waals surface area contributed by atoms with E-state index in [-0.39, 0.29) is 0 Å². The lowest BCUT2D eigenvalue weighted by Gasteiger charge is -2.35. The summed E-state index contributed by atoms with van der Waals surface area (Å²) in [5.41, 5.74) is 0.366. The van der Waals surface area contributed by atoms with Crippen molar-refractivity contribution in [1.82, 2.24) is 10.2 Å². The largest absolute Gasteiger partial charge is 0.416 e. The van der Waals surface area contributed by atoms with E-state index in [4.69, 9.17) is 0 Å². The fraction of sp³-hybridized carbons (Fsp3) is 0.625. The molecule has 2 aliphatic rings. The van der Waals surface area contributed by atoms with Crippen molar-refractivity contribution in [2.45, 2.75) is 56.5 Å². The average molecular weight is 298 g/mol. The molecule has 21 heavy (non-hydrogen) atoms. The van der Waals surface area contributed by atoms with E-state index in [1.54, 1.807) is 12.1 Å². The molecule has 0 radical (unpaired) electrons. The van der Waals surface area contributed by atoms with E-state index in [1.807, 2.05) is 0 Å². The van der Waals surface area contributed by atoms with Crippen molar-refractivity contribution < 1.29 is 13.2 Å². The minimum absolute atomic E-state index is 0.533. The molecule has 1 N–H and O–H groups in total. The predicted octanol–water partition coefficient (Wildman–Crippen LogP) is 3.42. The van der Waals surface area contributed by atoms with E-state index in [9.17, 15) is 13.2 Å². The van der Waals surface area contributed by atoms with Crippen LogP contribution < -0.4 is 5.32 Å². The Kier molecular flexibility index (Phi) is 3.97. The Balaban J connectivity index is 1.61. The fourth-order valence-corrected chi connectivity index (χ4v) is 3.60. The third kappa shape index (κ3) is 3.40. The van der Waals surface area contributed by atoms with Gasteiger partial charge in [0.25, 0.3) is 0 Å². The van der Waals surface area contributed by atoms with Crippen LogP contribution in [0.3, 0.4) is 0 Å². The Labute approximate surface area is 123 Å². The molecule has 0 aliphatic carbocycles. The summed E-state index contributed by atoms with van der Waals surface area (Å²) in [6, 6.07) is 7.33. The van der Waals surface area contributed by atoms with E-state index in [0.717, 1.165) is 18.4 Å². The second-order valence-electron chi connectivity index (χ2n) is 6.37. The first kappa shape index (κ1) is 14.9. The molecule has 2 heterocycles. The highest BCUT2D eigenvalue weighted by atomic mass is 19.4. The third-order valence-corrected chi connectivity index (χ3v) is 4.78. The molecule has 2 unspecified atom stereocenters. The van der Waals surface area contributed by atoms with Gasteiger partial charge in [0, 0.05) is 24.7 Å².